The van der Waals surface area contributed by atoms with Crippen molar-refractivity contribution in [3.05, 3.63) is 52.8 Å². The summed E-state index contributed by atoms with van der Waals surface area (Å²) in [5.41, 5.74) is 4.01. The minimum atomic E-state index is -3.87. The number of methoxy groups -OCH3 is 1. The van der Waals surface area contributed by atoms with Crippen molar-refractivity contribution in [3.63, 3.8) is 0 Å². The van der Waals surface area contributed by atoms with E-state index >= 15 is 0 Å². The first kappa shape index (κ1) is 20.8. The number of halogens is 1. The molecule has 10 heteroatoms. The maximum absolute atomic E-state index is 13.6. The van der Waals surface area contributed by atoms with E-state index in [2.05, 4.69) is 14.7 Å². The summed E-state index contributed by atoms with van der Waals surface area (Å²) < 4.78 is 33.9. The molecule has 0 N–H and O–H groups in total. The van der Waals surface area contributed by atoms with Crippen LogP contribution in [0.1, 0.15) is 25.0 Å². The van der Waals surface area contributed by atoms with Gasteiger partial charge in [-0.2, -0.15) is 0 Å². The first-order valence-corrected chi connectivity index (χ1v) is 11.9. The van der Waals surface area contributed by atoms with Gasteiger partial charge in [0.05, 0.1) is 38.8 Å². The number of unbranched alkanes of at least 4 members (excludes halogenated alkanes) is 1. The second kappa shape index (κ2) is 8.33. The molecule has 30 heavy (non-hydrogen) atoms. The fourth-order valence-electron chi connectivity index (χ4n) is 3.33. The molecule has 0 saturated carbocycles. The van der Waals surface area contributed by atoms with Gasteiger partial charge in [0.25, 0.3) is 10.0 Å². The summed E-state index contributed by atoms with van der Waals surface area (Å²) in [6, 6.07) is 9.87. The van der Waals surface area contributed by atoms with E-state index in [9.17, 15) is 13.2 Å². The van der Waals surface area contributed by atoms with Gasteiger partial charge in [0, 0.05) is 12.1 Å². The smallest absolute Gasteiger partial charge is 0.305 e. The van der Waals surface area contributed by atoms with E-state index in [4.69, 9.17) is 11.6 Å². The highest BCUT2D eigenvalue weighted by Gasteiger charge is 2.24. The molecule has 1 aromatic carbocycles. The summed E-state index contributed by atoms with van der Waals surface area (Å²) in [6.45, 7) is 0. The number of esters is 1. The van der Waals surface area contributed by atoms with Crippen LogP contribution in [0.2, 0.25) is 5.15 Å². The number of aromatic nitrogens is 3. The van der Waals surface area contributed by atoms with Crippen molar-refractivity contribution in [2.75, 3.05) is 7.11 Å². The monoisotopic (exact) mass is 463 g/mol. The molecule has 4 aromatic rings. The van der Waals surface area contributed by atoms with Gasteiger partial charge in [0.1, 0.15) is 5.15 Å². The molecule has 7 nitrogen and oxygen atoms in total. The number of thiazole rings is 1. The lowest BCUT2D eigenvalue weighted by molar-refractivity contribution is -0.140. The number of pyridine rings is 1. The van der Waals surface area contributed by atoms with Gasteiger partial charge in [-0.15, -0.1) is 11.3 Å². The second-order valence-electron chi connectivity index (χ2n) is 6.71. The normalized spacial score (nSPS) is 11.9. The highest BCUT2D eigenvalue weighted by Crippen LogP contribution is 2.29. The Bertz CT molecular complexity index is 1340. The van der Waals surface area contributed by atoms with Crippen LogP contribution >= 0.6 is 22.9 Å². The molecule has 0 bridgehead atoms. The molecule has 0 atom stereocenters. The van der Waals surface area contributed by atoms with Crippen LogP contribution in [-0.4, -0.2) is 35.4 Å². The molecule has 4 rings (SSSR count). The molecule has 0 aliphatic rings. The molecule has 0 radical (unpaired) electrons. The van der Waals surface area contributed by atoms with Crippen LogP contribution in [-0.2, 0) is 26.0 Å². The molecule has 0 aliphatic heterocycles. The van der Waals surface area contributed by atoms with Crippen LogP contribution in [0.3, 0.4) is 0 Å². The SMILES string of the molecule is COC(=O)CCCCc1cc2nc(Cl)ccc2n1S(=O)(=O)c1ccc2ncsc2c1. The lowest BCUT2D eigenvalue weighted by atomic mass is 10.1. The van der Waals surface area contributed by atoms with Gasteiger partial charge in [-0.25, -0.2) is 22.4 Å². The van der Waals surface area contributed by atoms with Gasteiger partial charge in [0.15, 0.2) is 0 Å². The Kier molecular flexibility index (Phi) is 5.77. The van der Waals surface area contributed by atoms with E-state index in [1.54, 1.807) is 41.9 Å². The summed E-state index contributed by atoms with van der Waals surface area (Å²) in [5.74, 6) is -0.283. The molecule has 0 aliphatic carbocycles. The zero-order chi connectivity index (χ0) is 21.3. The first-order valence-electron chi connectivity index (χ1n) is 9.22. The van der Waals surface area contributed by atoms with Crippen molar-refractivity contribution in [3.8, 4) is 0 Å². The van der Waals surface area contributed by atoms with Gasteiger partial charge >= 0.3 is 5.97 Å². The van der Waals surface area contributed by atoms with Gasteiger partial charge in [0.2, 0.25) is 0 Å². The first-order chi connectivity index (χ1) is 14.4. The lowest BCUT2D eigenvalue weighted by Crippen LogP contribution is -2.16. The Labute approximate surface area is 182 Å². The molecular formula is C20H18ClN3O4S2. The summed E-state index contributed by atoms with van der Waals surface area (Å²) in [6.07, 6.45) is 1.97. The largest absolute Gasteiger partial charge is 0.469 e. The molecule has 0 saturated heterocycles. The Morgan fingerprint density at radius 2 is 2.00 bits per heavy atom. The molecule has 0 unspecified atom stereocenters. The minimum absolute atomic E-state index is 0.183. The average molecular weight is 464 g/mol. The van der Waals surface area contributed by atoms with Crippen molar-refractivity contribution in [1.29, 1.82) is 0 Å². The number of carbonyl (C=O) groups is 1. The Morgan fingerprint density at radius 1 is 1.17 bits per heavy atom. The van der Waals surface area contributed by atoms with E-state index in [0.29, 0.717) is 41.1 Å². The van der Waals surface area contributed by atoms with E-state index in [0.717, 1.165) is 10.2 Å². The topological polar surface area (TPSA) is 91.1 Å². The van der Waals surface area contributed by atoms with Gasteiger partial charge in [-0.1, -0.05) is 11.6 Å². The van der Waals surface area contributed by atoms with Crippen molar-refractivity contribution in [2.24, 2.45) is 0 Å². The summed E-state index contributed by atoms with van der Waals surface area (Å²) in [4.78, 5) is 20.0. The van der Waals surface area contributed by atoms with Crippen LogP contribution in [0.5, 0.6) is 0 Å². The van der Waals surface area contributed by atoms with Gasteiger partial charge < -0.3 is 4.74 Å². The fraction of sp³-hybridized carbons (Fsp3) is 0.250. The standard InChI is InChI=1S/C20H18ClN3O4S2/c1-28-20(25)5-3-2-4-13-10-16-17(8-9-19(21)23-16)24(13)30(26,27)14-6-7-15-18(11-14)29-12-22-15/h6-12H,2-5H2,1H3. The molecule has 0 amide bonds. The Morgan fingerprint density at radius 3 is 2.80 bits per heavy atom. The number of carbonyl (C=O) groups excluding carboxylic acids is 1. The van der Waals surface area contributed by atoms with E-state index in [1.807, 2.05) is 0 Å². The number of benzene rings is 1. The predicted octanol–water partition coefficient (Wildman–Crippen LogP) is 4.42. The van der Waals surface area contributed by atoms with Gasteiger partial charge in [-0.05, 0) is 55.7 Å². The number of rotatable bonds is 7. The van der Waals surface area contributed by atoms with Crippen molar-refractivity contribution in [1.82, 2.24) is 13.9 Å². The lowest BCUT2D eigenvalue weighted by Gasteiger charge is -2.12. The predicted molar refractivity (Wildman–Crippen MR) is 117 cm³/mol. The Hall–Kier alpha value is -2.49. The van der Waals surface area contributed by atoms with E-state index in [1.165, 1.54) is 22.4 Å². The summed E-state index contributed by atoms with van der Waals surface area (Å²) >= 11 is 7.40. The summed E-state index contributed by atoms with van der Waals surface area (Å²) in [5, 5.41) is 0.292. The number of fused-ring (bicyclic) bond motifs is 2. The highest BCUT2D eigenvalue weighted by atomic mass is 35.5. The zero-order valence-electron chi connectivity index (χ0n) is 16.0. The fourth-order valence-corrected chi connectivity index (χ4v) is 5.86. The van der Waals surface area contributed by atoms with E-state index < -0.39 is 10.0 Å². The average Bonchev–Trinajstić information content (AvgIpc) is 3.34. The van der Waals surface area contributed by atoms with Crippen LogP contribution in [0.25, 0.3) is 21.3 Å². The number of ether oxygens (including phenoxy) is 1. The summed E-state index contributed by atoms with van der Waals surface area (Å²) in [7, 11) is -2.52. The zero-order valence-corrected chi connectivity index (χ0v) is 18.4. The number of nitrogens with zero attached hydrogens (tertiary/aromatic N) is 3. The van der Waals surface area contributed by atoms with Crippen molar-refractivity contribution < 1.29 is 17.9 Å². The molecule has 156 valence electrons. The molecule has 3 aromatic heterocycles. The van der Waals surface area contributed by atoms with Crippen LogP contribution in [0.15, 0.2) is 46.8 Å². The van der Waals surface area contributed by atoms with Gasteiger partial charge in [-0.3, -0.25) is 4.79 Å². The highest BCUT2D eigenvalue weighted by molar-refractivity contribution is 7.90. The van der Waals surface area contributed by atoms with E-state index in [-0.39, 0.29) is 17.3 Å². The second-order valence-corrected chi connectivity index (χ2v) is 9.77. The third kappa shape index (κ3) is 3.92. The third-order valence-corrected chi connectivity index (χ3v) is 7.55. The van der Waals surface area contributed by atoms with Crippen molar-refractivity contribution in [2.45, 2.75) is 30.6 Å². The maximum atomic E-state index is 13.6. The number of aryl methyl sites for hydroxylation is 1. The molecular weight excluding hydrogens is 446 g/mol. The number of hydrogen-bond acceptors (Lipinski definition) is 7. The van der Waals surface area contributed by atoms with Crippen LogP contribution in [0.4, 0.5) is 0 Å². The van der Waals surface area contributed by atoms with Crippen molar-refractivity contribution >= 4 is 60.2 Å². The van der Waals surface area contributed by atoms with Crippen LogP contribution < -0.4 is 0 Å². The van der Waals surface area contributed by atoms with Crippen LogP contribution in [0, 0.1) is 0 Å². The quantitative estimate of drug-likeness (QED) is 0.229. The molecule has 0 spiro atoms. The molecule has 0 fully saturated rings. The Balaban J connectivity index is 1.76. The third-order valence-electron chi connectivity index (χ3n) is 4.78. The maximum Gasteiger partial charge on any atom is 0.305 e. The number of hydrogen-bond donors (Lipinski definition) is 0. The molecule has 3 heterocycles. The minimum Gasteiger partial charge on any atom is -0.469 e.